The summed E-state index contributed by atoms with van der Waals surface area (Å²) in [6.07, 6.45) is 0. The Morgan fingerprint density at radius 1 is 1.33 bits per heavy atom. The van der Waals surface area contributed by atoms with Gasteiger partial charge in [-0.3, -0.25) is 4.79 Å². The molecule has 0 aliphatic heterocycles. The molecule has 1 atom stereocenters. The van der Waals surface area contributed by atoms with Gasteiger partial charge < -0.3 is 20.6 Å². The molecule has 1 aromatic carbocycles. The van der Waals surface area contributed by atoms with Gasteiger partial charge in [0.2, 0.25) is 0 Å². The smallest absolute Gasteiger partial charge is 0.319 e. The Morgan fingerprint density at radius 2 is 2.00 bits per heavy atom. The highest BCUT2D eigenvalue weighted by atomic mass is 16.3. The molecule has 0 radical (unpaired) electrons. The summed E-state index contributed by atoms with van der Waals surface area (Å²) in [7, 11) is 3.70. The summed E-state index contributed by atoms with van der Waals surface area (Å²) in [5, 5.41) is 15.3. The maximum atomic E-state index is 11.8. The lowest BCUT2D eigenvalue weighted by Crippen LogP contribution is -2.48. The van der Waals surface area contributed by atoms with Crippen molar-refractivity contribution in [1.29, 1.82) is 0 Å². The van der Waals surface area contributed by atoms with Gasteiger partial charge in [-0.05, 0) is 40.1 Å². The quantitative estimate of drug-likeness (QED) is 0.691. The largest absolute Gasteiger partial charge is 0.387 e. The molecule has 0 fully saturated rings. The van der Waals surface area contributed by atoms with Gasteiger partial charge in [0.15, 0.2) is 5.78 Å². The molecule has 21 heavy (non-hydrogen) atoms. The number of rotatable bonds is 6. The highest BCUT2D eigenvalue weighted by Gasteiger charge is 2.22. The normalized spacial score (nSPS) is 13.6. The minimum absolute atomic E-state index is 0.0621. The summed E-state index contributed by atoms with van der Waals surface area (Å²) in [5.74, 6) is -0.0621. The van der Waals surface area contributed by atoms with Crippen molar-refractivity contribution < 1.29 is 14.7 Å². The summed E-state index contributed by atoms with van der Waals surface area (Å²) < 4.78 is 0. The average molecular weight is 293 g/mol. The maximum absolute atomic E-state index is 11.8. The predicted octanol–water partition coefficient (Wildman–Crippen LogP) is 1.32. The second kappa shape index (κ2) is 7.19. The molecule has 2 amide bonds. The van der Waals surface area contributed by atoms with Crippen LogP contribution in [0, 0.1) is 0 Å². The average Bonchev–Trinajstić information content (AvgIpc) is 2.35. The van der Waals surface area contributed by atoms with E-state index in [1.807, 2.05) is 19.0 Å². The number of anilines is 1. The monoisotopic (exact) mass is 293 g/mol. The van der Waals surface area contributed by atoms with Gasteiger partial charge in [0.25, 0.3) is 0 Å². The van der Waals surface area contributed by atoms with E-state index in [2.05, 4.69) is 10.6 Å². The van der Waals surface area contributed by atoms with Gasteiger partial charge in [0.1, 0.15) is 0 Å². The van der Waals surface area contributed by atoms with Crippen molar-refractivity contribution in [2.75, 3.05) is 32.5 Å². The van der Waals surface area contributed by atoms with Crippen LogP contribution in [0.4, 0.5) is 10.5 Å². The molecular weight excluding hydrogens is 270 g/mol. The number of amides is 2. The molecule has 1 unspecified atom stereocenters. The Bertz CT molecular complexity index is 513. The fourth-order valence-electron chi connectivity index (χ4n) is 2.00. The van der Waals surface area contributed by atoms with E-state index in [0.717, 1.165) is 0 Å². The summed E-state index contributed by atoms with van der Waals surface area (Å²) in [4.78, 5) is 24.9. The first-order chi connectivity index (χ1) is 9.69. The second-order valence-corrected chi connectivity index (χ2v) is 5.68. The number of aliphatic hydroxyl groups is 1. The van der Waals surface area contributed by atoms with E-state index in [-0.39, 0.29) is 12.3 Å². The molecule has 1 aromatic rings. The fourth-order valence-corrected chi connectivity index (χ4v) is 2.00. The third-order valence-electron chi connectivity index (χ3n) is 2.81. The van der Waals surface area contributed by atoms with Crippen LogP contribution < -0.4 is 10.6 Å². The molecule has 0 aliphatic rings. The van der Waals surface area contributed by atoms with E-state index in [0.29, 0.717) is 17.8 Å². The van der Waals surface area contributed by atoms with Crippen LogP contribution in [0.3, 0.4) is 0 Å². The van der Waals surface area contributed by atoms with Crippen LogP contribution in [-0.4, -0.2) is 54.6 Å². The zero-order valence-corrected chi connectivity index (χ0v) is 12.9. The number of nitrogens with zero attached hydrogens (tertiary/aromatic N) is 1. The lowest BCUT2D eigenvalue weighted by Gasteiger charge is -2.27. The number of urea groups is 1. The lowest BCUT2D eigenvalue weighted by atomic mass is 10.1. The topological polar surface area (TPSA) is 81.7 Å². The molecule has 116 valence electrons. The fraction of sp³-hybridized carbons (Fsp3) is 0.467. The number of carbonyl (C=O) groups is 2. The molecule has 0 bridgehead atoms. The van der Waals surface area contributed by atoms with Crippen molar-refractivity contribution in [3.05, 3.63) is 29.8 Å². The van der Waals surface area contributed by atoms with Gasteiger partial charge in [-0.15, -0.1) is 0 Å². The van der Waals surface area contributed by atoms with Crippen molar-refractivity contribution in [2.45, 2.75) is 19.4 Å². The zero-order chi connectivity index (χ0) is 16.0. The first-order valence-electron chi connectivity index (χ1n) is 6.72. The number of Topliss-reactive ketones (excluding diaryl/α,β-unsaturated/α-hetero) is 1. The summed E-state index contributed by atoms with van der Waals surface area (Å²) in [5.41, 5.74) is 0.0575. The molecule has 6 heteroatoms. The molecule has 3 N–H and O–H groups in total. The van der Waals surface area contributed by atoms with Gasteiger partial charge >= 0.3 is 6.03 Å². The Hall–Kier alpha value is -1.92. The van der Waals surface area contributed by atoms with Gasteiger partial charge in [0.05, 0.1) is 5.60 Å². The third-order valence-corrected chi connectivity index (χ3v) is 2.81. The standard InChI is InChI=1S/C15H23N3O3/c1-11(19)12-6-5-7-13(8-12)17-14(20)16-9-15(2,21)10-18(3)4/h5-8,21H,9-10H2,1-4H3,(H2,16,17,20). The Kier molecular flexibility index (Phi) is 5.87. The molecule has 0 aliphatic carbocycles. The number of ketones is 1. The van der Waals surface area contributed by atoms with Crippen molar-refractivity contribution in [3.63, 3.8) is 0 Å². The molecule has 6 nitrogen and oxygen atoms in total. The highest BCUT2D eigenvalue weighted by Crippen LogP contribution is 2.11. The van der Waals surface area contributed by atoms with Gasteiger partial charge in [-0.2, -0.15) is 0 Å². The Labute approximate surface area is 125 Å². The molecule has 0 saturated heterocycles. The van der Waals surface area contributed by atoms with Gasteiger partial charge in [0, 0.05) is 24.3 Å². The number of carbonyl (C=O) groups excluding carboxylic acids is 2. The van der Waals surface area contributed by atoms with Crippen molar-refractivity contribution in [2.24, 2.45) is 0 Å². The van der Waals surface area contributed by atoms with Crippen LogP contribution in [-0.2, 0) is 0 Å². The minimum atomic E-state index is -1.01. The zero-order valence-electron chi connectivity index (χ0n) is 12.9. The van der Waals surface area contributed by atoms with E-state index in [4.69, 9.17) is 0 Å². The minimum Gasteiger partial charge on any atom is -0.387 e. The Balaban J connectivity index is 2.54. The van der Waals surface area contributed by atoms with E-state index in [1.54, 1.807) is 31.2 Å². The Morgan fingerprint density at radius 3 is 2.57 bits per heavy atom. The first-order valence-corrected chi connectivity index (χ1v) is 6.72. The molecule has 0 saturated carbocycles. The van der Waals surface area contributed by atoms with Crippen molar-refractivity contribution in [1.82, 2.24) is 10.2 Å². The SMILES string of the molecule is CC(=O)c1cccc(NC(=O)NCC(C)(O)CN(C)C)c1. The highest BCUT2D eigenvalue weighted by molar-refractivity contribution is 5.96. The predicted molar refractivity (Wildman–Crippen MR) is 82.6 cm³/mol. The summed E-state index contributed by atoms with van der Waals surface area (Å²) in [6, 6.07) is 6.28. The number of hydrogen-bond acceptors (Lipinski definition) is 4. The van der Waals surface area contributed by atoms with Gasteiger partial charge in [-0.25, -0.2) is 4.79 Å². The third kappa shape index (κ3) is 6.37. The summed E-state index contributed by atoms with van der Waals surface area (Å²) >= 11 is 0. The van der Waals surface area contributed by atoms with E-state index in [1.165, 1.54) is 6.92 Å². The van der Waals surface area contributed by atoms with E-state index < -0.39 is 11.6 Å². The van der Waals surface area contributed by atoms with Crippen LogP contribution in [0.5, 0.6) is 0 Å². The lowest BCUT2D eigenvalue weighted by molar-refractivity contribution is 0.0364. The number of nitrogens with one attached hydrogen (secondary N) is 2. The number of hydrogen-bond donors (Lipinski definition) is 3. The van der Waals surface area contributed by atoms with E-state index >= 15 is 0 Å². The van der Waals surface area contributed by atoms with Crippen LogP contribution in [0.25, 0.3) is 0 Å². The molecule has 0 spiro atoms. The maximum Gasteiger partial charge on any atom is 0.319 e. The van der Waals surface area contributed by atoms with Crippen LogP contribution in [0.1, 0.15) is 24.2 Å². The molecule has 0 heterocycles. The van der Waals surface area contributed by atoms with Crippen LogP contribution in [0.2, 0.25) is 0 Å². The van der Waals surface area contributed by atoms with E-state index in [9.17, 15) is 14.7 Å². The van der Waals surface area contributed by atoms with Crippen molar-refractivity contribution in [3.8, 4) is 0 Å². The number of benzene rings is 1. The van der Waals surface area contributed by atoms with Crippen LogP contribution in [0.15, 0.2) is 24.3 Å². The number of likely N-dealkylation sites (N-methyl/N-ethyl adjacent to an activating group) is 1. The molecule has 1 rings (SSSR count). The molecular formula is C15H23N3O3. The van der Waals surface area contributed by atoms with Crippen molar-refractivity contribution >= 4 is 17.5 Å². The second-order valence-electron chi connectivity index (χ2n) is 5.68. The van der Waals surface area contributed by atoms with Crippen LogP contribution >= 0.6 is 0 Å². The first kappa shape index (κ1) is 17.1. The molecule has 0 aromatic heterocycles. The van der Waals surface area contributed by atoms with Gasteiger partial charge in [-0.1, -0.05) is 12.1 Å². The summed E-state index contributed by atoms with van der Waals surface area (Å²) in [6.45, 7) is 3.69.